The Bertz CT molecular complexity index is 523. The molecular weight excluding hydrogens is 280 g/mol. The molecule has 0 heterocycles. The Kier molecular flexibility index (Phi) is 5.55. The van der Waals surface area contributed by atoms with Gasteiger partial charge in [-0.2, -0.15) is 0 Å². The van der Waals surface area contributed by atoms with Crippen LogP contribution in [-0.2, 0) is 4.79 Å². The Morgan fingerprint density at radius 1 is 1.27 bits per heavy atom. The molecule has 0 bridgehead atoms. The first-order valence-electron chi connectivity index (χ1n) is 7.88. The molecule has 0 spiro atoms. The molecule has 2 unspecified atom stereocenters. The van der Waals surface area contributed by atoms with E-state index < -0.39 is 6.10 Å². The zero-order valence-electron chi connectivity index (χ0n) is 13.1. The smallest absolute Gasteiger partial charge is 0.251 e. The van der Waals surface area contributed by atoms with Gasteiger partial charge in [-0.05, 0) is 43.0 Å². The first-order chi connectivity index (χ1) is 10.5. The quantitative estimate of drug-likeness (QED) is 0.722. The molecule has 0 aliphatic heterocycles. The third kappa shape index (κ3) is 4.56. The minimum Gasteiger partial charge on any atom is -0.391 e. The summed E-state index contributed by atoms with van der Waals surface area (Å²) in [5.74, 6) is 0.140. The van der Waals surface area contributed by atoms with E-state index in [9.17, 15) is 14.7 Å². The lowest BCUT2D eigenvalue weighted by atomic mass is 10.0. The number of amides is 2. The van der Waals surface area contributed by atoms with Gasteiger partial charge in [-0.15, -0.1) is 0 Å². The second-order valence-corrected chi connectivity index (χ2v) is 6.00. The Hall–Kier alpha value is -1.88. The van der Waals surface area contributed by atoms with E-state index in [1.807, 2.05) is 13.8 Å². The predicted molar refractivity (Wildman–Crippen MR) is 85.6 cm³/mol. The Morgan fingerprint density at radius 2 is 1.91 bits per heavy atom. The van der Waals surface area contributed by atoms with Crippen LogP contribution in [0.2, 0.25) is 0 Å². The van der Waals surface area contributed by atoms with Gasteiger partial charge in [-0.25, -0.2) is 0 Å². The molecule has 2 amide bonds. The van der Waals surface area contributed by atoms with Crippen molar-refractivity contribution in [2.24, 2.45) is 11.8 Å². The van der Waals surface area contributed by atoms with E-state index in [1.54, 1.807) is 24.3 Å². The van der Waals surface area contributed by atoms with Crippen molar-refractivity contribution in [1.82, 2.24) is 5.32 Å². The highest BCUT2D eigenvalue weighted by Crippen LogP contribution is 2.30. The summed E-state index contributed by atoms with van der Waals surface area (Å²) >= 11 is 0. The Morgan fingerprint density at radius 3 is 2.45 bits per heavy atom. The summed E-state index contributed by atoms with van der Waals surface area (Å²) < 4.78 is 0. The molecule has 0 radical (unpaired) electrons. The van der Waals surface area contributed by atoms with Crippen LogP contribution < -0.4 is 10.6 Å². The van der Waals surface area contributed by atoms with Gasteiger partial charge < -0.3 is 15.7 Å². The number of aliphatic hydroxyl groups is 1. The molecule has 5 heteroatoms. The summed E-state index contributed by atoms with van der Waals surface area (Å²) in [6, 6.07) is 6.79. The monoisotopic (exact) mass is 304 g/mol. The molecule has 1 aromatic rings. The van der Waals surface area contributed by atoms with Gasteiger partial charge in [0.25, 0.3) is 5.91 Å². The standard InChI is InChI=1S/C17H24N2O3/c1-3-11(2)15(20)10-18-16(21)12-6-8-14(9-7-12)19-17(22)13-4-5-13/h6-9,11,13,15,20H,3-5,10H2,1-2H3,(H,18,21)(H,19,22). The molecule has 1 fully saturated rings. The summed E-state index contributed by atoms with van der Waals surface area (Å²) in [4.78, 5) is 23.6. The van der Waals surface area contributed by atoms with E-state index in [0.717, 1.165) is 19.3 Å². The maximum Gasteiger partial charge on any atom is 0.251 e. The zero-order valence-corrected chi connectivity index (χ0v) is 13.1. The van der Waals surface area contributed by atoms with Crippen molar-refractivity contribution in [1.29, 1.82) is 0 Å². The van der Waals surface area contributed by atoms with Crippen LogP contribution in [0.15, 0.2) is 24.3 Å². The lowest BCUT2D eigenvalue weighted by Gasteiger charge is -2.17. The highest BCUT2D eigenvalue weighted by Gasteiger charge is 2.29. The van der Waals surface area contributed by atoms with Crippen molar-refractivity contribution in [3.8, 4) is 0 Å². The van der Waals surface area contributed by atoms with E-state index >= 15 is 0 Å². The summed E-state index contributed by atoms with van der Waals surface area (Å²) in [5.41, 5.74) is 1.22. The molecule has 1 aliphatic carbocycles. The third-order valence-electron chi connectivity index (χ3n) is 4.14. The van der Waals surface area contributed by atoms with Gasteiger partial charge in [-0.1, -0.05) is 20.3 Å². The number of benzene rings is 1. The summed E-state index contributed by atoms with van der Waals surface area (Å²) in [6.45, 7) is 4.20. The van der Waals surface area contributed by atoms with Crippen LogP contribution in [-0.4, -0.2) is 29.6 Å². The van der Waals surface area contributed by atoms with Gasteiger partial charge in [0.05, 0.1) is 6.10 Å². The topological polar surface area (TPSA) is 78.4 Å². The molecule has 1 saturated carbocycles. The minimum absolute atomic E-state index is 0.0499. The number of anilines is 1. The minimum atomic E-state index is -0.536. The molecule has 3 N–H and O–H groups in total. The van der Waals surface area contributed by atoms with Crippen LogP contribution >= 0.6 is 0 Å². The van der Waals surface area contributed by atoms with Gasteiger partial charge in [0, 0.05) is 23.7 Å². The van der Waals surface area contributed by atoms with Gasteiger partial charge >= 0.3 is 0 Å². The molecule has 2 rings (SSSR count). The fourth-order valence-electron chi connectivity index (χ4n) is 2.07. The van der Waals surface area contributed by atoms with Crippen LogP contribution in [0.5, 0.6) is 0 Å². The molecule has 22 heavy (non-hydrogen) atoms. The van der Waals surface area contributed by atoms with Crippen LogP contribution in [0.1, 0.15) is 43.5 Å². The molecule has 5 nitrogen and oxygen atoms in total. The summed E-state index contributed by atoms with van der Waals surface area (Å²) in [7, 11) is 0. The van der Waals surface area contributed by atoms with Crippen LogP contribution in [0.3, 0.4) is 0 Å². The van der Waals surface area contributed by atoms with Gasteiger partial charge in [0.2, 0.25) is 5.91 Å². The number of nitrogens with one attached hydrogen (secondary N) is 2. The summed E-state index contributed by atoms with van der Waals surface area (Å²) in [5, 5.41) is 15.4. The average Bonchev–Trinajstić information content (AvgIpc) is 3.37. The number of hydrogen-bond acceptors (Lipinski definition) is 3. The van der Waals surface area contributed by atoms with Gasteiger partial charge in [0.1, 0.15) is 0 Å². The second-order valence-electron chi connectivity index (χ2n) is 6.00. The number of carbonyl (C=O) groups excluding carboxylic acids is 2. The van der Waals surface area contributed by atoms with Crippen LogP contribution in [0, 0.1) is 11.8 Å². The summed E-state index contributed by atoms with van der Waals surface area (Å²) in [6.07, 6.45) is 2.26. The largest absolute Gasteiger partial charge is 0.391 e. The maximum atomic E-state index is 12.0. The molecule has 1 aromatic carbocycles. The number of aliphatic hydroxyl groups excluding tert-OH is 1. The lowest BCUT2D eigenvalue weighted by molar-refractivity contribution is -0.117. The predicted octanol–water partition coefficient (Wildman–Crippen LogP) is 2.17. The van der Waals surface area contributed by atoms with Crippen molar-refractivity contribution < 1.29 is 14.7 Å². The number of rotatable bonds is 7. The molecule has 120 valence electrons. The normalized spacial score (nSPS) is 16.7. The average molecular weight is 304 g/mol. The van der Waals surface area contributed by atoms with E-state index in [2.05, 4.69) is 10.6 Å². The van der Waals surface area contributed by atoms with Gasteiger partial charge in [-0.3, -0.25) is 9.59 Å². The van der Waals surface area contributed by atoms with Gasteiger partial charge in [0.15, 0.2) is 0 Å². The molecule has 2 atom stereocenters. The maximum absolute atomic E-state index is 12.0. The Balaban J connectivity index is 1.83. The second kappa shape index (κ2) is 7.40. The van der Waals surface area contributed by atoms with Crippen molar-refractivity contribution >= 4 is 17.5 Å². The highest BCUT2D eigenvalue weighted by atomic mass is 16.3. The third-order valence-corrected chi connectivity index (χ3v) is 4.14. The molecular formula is C17H24N2O3. The van der Waals surface area contributed by atoms with E-state index in [-0.39, 0.29) is 30.2 Å². The van der Waals surface area contributed by atoms with E-state index in [4.69, 9.17) is 0 Å². The van der Waals surface area contributed by atoms with E-state index in [1.165, 1.54) is 0 Å². The first kappa shape index (κ1) is 16.5. The Labute approximate surface area is 131 Å². The fraction of sp³-hybridized carbons (Fsp3) is 0.529. The number of carbonyl (C=O) groups is 2. The molecule has 0 aromatic heterocycles. The number of hydrogen-bond donors (Lipinski definition) is 3. The van der Waals surface area contributed by atoms with Crippen LogP contribution in [0.25, 0.3) is 0 Å². The van der Waals surface area contributed by atoms with Crippen molar-refractivity contribution in [2.75, 3.05) is 11.9 Å². The zero-order chi connectivity index (χ0) is 16.1. The van der Waals surface area contributed by atoms with Crippen molar-refractivity contribution in [2.45, 2.75) is 39.2 Å². The highest BCUT2D eigenvalue weighted by molar-refractivity contribution is 5.96. The molecule has 0 saturated heterocycles. The lowest BCUT2D eigenvalue weighted by Crippen LogP contribution is -2.35. The van der Waals surface area contributed by atoms with Crippen LogP contribution in [0.4, 0.5) is 5.69 Å². The van der Waals surface area contributed by atoms with Crippen molar-refractivity contribution in [3.63, 3.8) is 0 Å². The SMILES string of the molecule is CCC(C)C(O)CNC(=O)c1ccc(NC(=O)C2CC2)cc1. The van der Waals surface area contributed by atoms with Crippen molar-refractivity contribution in [3.05, 3.63) is 29.8 Å². The fourth-order valence-corrected chi connectivity index (χ4v) is 2.07. The molecule has 1 aliphatic rings. The first-order valence-corrected chi connectivity index (χ1v) is 7.88. The van der Waals surface area contributed by atoms with E-state index in [0.29, 0.717) is 11.3 Å².